The van der Waals surface area contributed by atoms with Gasteiger partial charge in [-0.25, -0.2) is 0 Å². The second-order valence-electron chi connectivity index (χ2n) is 7.19. The highest BCUT2D eigenvalue weighted by molar-refractivity contribution is 8.93. The summed E-state index contributed by atoms with van der Waals surface area (Å²) in [7, 11) is 2.16. The molecule has 2 aromatic carbocycles. The first-order valence-corrected chi connectivity index (χ1v) is 8.90. The van der Waals surface area contributed by atoms with Gasteiger partial charge >= 0.3 is 0 Å². The van der Waals surface area contributed by atoms with Gasteiger partial charge in [-0.3, -0.25) is 4.90 Å². The van der Waals surface area contributed by atoms with E-state index in [0.29, 0.717) is 0 Å². The largest absolute Gasteiger partial charge is 0.504 e. The molecular weight excluding hydrogens is 402 g/mol. The van der Waals surface area contributed by atoms with Crippen LogP contribution in [0.15, 0.2) is 36.4 Å². The van der Waals surface area contributed by atoms with Gasteiger partial charge in [0.25, 0.3) is 0 Å². The predicted octanol–water partition coefficient (Wildman–Crippen LogP) is 4.98. The van der Waals surface area contributed by atoms with Gasteiger partial charge in [0, 0.05) is 23.0 Å². The maximum atomic E-state index is 10.1. The number of rotatable bonds is 2. The highest BCUT2D eigenvalue weighted by Gasteiger charge is 2.49. The van der Waals surface area contributed by atoms with Crippen molar-refractivity contribution in [1.82, 2.24) is 4.90 Å². The summed E-state index contributed by atoms with van der Waals surface area (Å²) in [5.74, 6) is -0.0502. The molecule has 1 unspecified atom stereocenters. The first-order chi connectivity index (χ1) is 11.5. The summed E-state index contributed by atoms with van der Waals surface area (Å²) in [6, 6.07) is 11.9. The van der Waals surface area contributed by atoms with Crippen LogP contribution in [0.1, 0.15) is 42.0 Å². The Morgan fingerprint density at radius 2 is 1.72 bits per heavy atom. The van der Waals surface area contributed by atoms with Crippen LogP contribution in [0.5, 0.6) is 11.5 Å². The Morgan fingerprint density at radius 3 is 2.32 bits per heavy atom. The van der Waals surface area contributed by atoms with Gasteiger partial charge in [0.05, 0.1) is 0 Å². The summed E-state index contributed by atoms with van der Waals surface area (Å²) < 4.78 is 0. The smallest absolute Gasteiger partial charge is 0.157 e. The zero-order chi connectivity index (χ0) is 16.9. The number of phenols is 2. The number of fused-ring (bicyclic) bond motifs is 1. The predicted molar refractivity (Wildman–Crippen MR) is 106 cm³/mol. The highest BCUT2D eigenvalue weighted by Crippen LogP contribution is 2.56. The number of hydrogen-bond donors (Lipinski definition) is 2. The van der Waals surface area contributed by atoms with Gasteiger partial charge in [-0.05, 0) is 67.3 Å². The van der Waals surface area contributed by atoms with Crippen molar-refractivity contribution < 1.29 is 10.2 Å². The van der Waals surface area contributed by atoms with Crippen molar-refractivity contribution in [3.05, 3.63) is 58.1 Å². The van der Waals surface area contributed by atoms with Crippen LogP contribution in [-0.4, -0.2) is 28.7 Å². The van der Waals surface area contributed by atoms with Crippen molar-refractivity contribution in [1.29, 1.82) is 0 Å². The van der Waals surface area contributed by atoms with Crippen molar-refractivity contribution in [2.24, 2.45) is 0 Å². The SMILES string of the molecule is Br.CN1CCc2cc(O)c(O)cc2C1C1(c2ccc(Cl)cc2)CCC1. The molecule has 2 aliphatic rings. The normalized spacial score (nSPS) is 21.8. The molecule has 0 aromatic heterocycles. The van der Waals surface area contributed by atoms with Gasteiger partial charge in [0.15, 0.2) is 11.5 Å². The van der Waals surface area contributed by atoms with Crippen LogP contribution in [0.4, 0.5) is 0 Å². The van der Waals surface area contributed by atoms with Gasteiger partial charge in [-0.2, -0.15) is 0 Å². The van der Waals surface area contributed by atoms with Gasteiger partial charge in [-0.1, -0.05) is 30.2 Å². The highest BCUT2D eigenvalue weighted by atomic mass is 79.9. The minimum atomic E-state index is -0.0281. The second-order valence-corrected chi connectivity index (χ2v) is 7.63. The van der Waals surface area contributed by atoms with Crippen LogP contribution < -0.4 is 0 Å². The molecule has 0 spiro atoms. The van der Waals surface area contributed by atoms with E-state index in [1.807, 2.05) is 12.1 Å². The van der Waals surface area contributed by atoms with Crippen LogP contribution in [0.3, 0.4) is 0 Å². The van der Waals surface area contributed by atoms with Crippen LogP contribution >= 0.6 is 28.6 Å². The van der Waals surface area contributed by atoms with E-state index in [0.717, 1.165) is 42.0 Å². The number of hydrogen-bond acceptors (Lipinski definition) is 3. The molecule has 1 aliphatic carbocycles. The third-order valence-corrected chi connectivity index (χ3v) is 6.15. The first-order valence-electron chi connectivity index (χ1n) is 8.52. The van der Waals surface area contributed by atoms with Crippen LogP contribution in [0.25, 0.3) is 0 Å². The molecule has 0 amide bonds. The molecule has 0 saturated heterocycles. The van der Waals surface area contributed by atoms with Gasteiger partial charge < -0.3 is 10.2 Å². The number of phenolic OH excluding ortho intramolecular Hbond substituents is 2. The molecule has 1 saturated carbocycles. The minimum Gasteiger partial charge on any atom is -0.504 e. The topological polar surface area (TPSA) is 43.7 Å². The molecule has 1 heterocycles. The van der Waals surface area contributed by atoms with Crippen molar-refractivity contribution in [2.75, 3.05) is 13.6 Å². The number of halogens is 2. The number of benzene rings is 2. The summed E-state index contributed by atoms with van der Waals surface area (Å²) >= 11 is 6.09. The number of nitrogens with zero attached hydrogens (tertiary/aromatic N) is 1. The molecule has 4 rings (SSSR count). The summed E-state index contributed by atoms with van der Waals surface area (Å²) in [5.41, 5.74) is 3.66. The Morgan fingerprint density at radius 1 is 1.08 bits per heavy atom. The zero-order valence-electron chi connectivity index (χ0n) is 14.2. The quantitative estimate of drug-likeness (QED) is 0.668. The Labute approximate surface area is 164 Å². The van der Waals surface area contributed by atoms with Crippen molar-refractivity contribution in [3.8, 4) is 11.5 Å². The monoisotopic (exact) mass is 423 g/mol. The van der Waals surface area contributed by atoms with Crippen LogP contribution in [0, 0.1) is 0 Å². The third-order valence-electron chi connectivity index (χ3n) is 5.89. The first kappa shape index (κ1) is 18.6. The molecule has 25 heavy (non-hydrogen) atoms. The molecule has 0 bridgehead atoms. The molecule has 1 aliphatic heterocycles. The molecule has 5 heteroatoms. The van der Waals surface area contributed by atoms with E-state index in [9.17, 15) is 10.2 Å². The Bertz CT molecular complexity index is 774. The lowest BCUT2D eigenvalue weighted by molar-refractivity contribution is 0.0715. The molecule has 0 radical (unpaired) electrons. The van der Waals surface area contributed by atoms with E-state index >= 15 is 0 Å². The van der Waals surface area contributed by atoms with Crippen molar-refractivity contribution >= 4 is 28.6 Å². The maximum Gasteiger partial charge on any atom is 0.157 e. The van der Waals surface area contributed by atoms with Crippen LogP contribution in [-0.2, 0) is 11.8 Å². The van der Waals surface area contributed by atoms with Gasteiger partial charge in [0.2, 0.25) is 0 Å². The average Bonchev–Trinajstić information content (AvgIpc) is 2.52. The van der Waals surface area contributed by atoms with Crippen molar-refractivity contribution in [3.63, 3.8) is 0 Å². The minimum absolute atomic E-state index is 0. The average molecular weight is 425 g/mol. The number of likely N-dealkylation sites (N-methyl/N-ethyl adjacent to an activating group) is 1. The Hall–Kier alpha value is -1.23. The lowest BCUT2D eigenvalue weighted by Gasteiger charge is -2.53. The summed E-state index contributed by atoms with van der Waals surface area (Å²) in [5, 5.41) is 20.7. The summed E-state index contributed by atoms with van der Waals surface area (Å²) in [4.78, 5) is 2.40. The molecule has 1 atom stereocenters. The Balaban J connectivity index is 0.00000182. The lowest BCUT2D eigenvalue weighted by Crippen LogP contribution is -2.49. The van der Waals surface area contributed by atoms with E-state index < -0.39 is 0 Å². The zero-order valence-corrected chi connectivity index (χ0v) is 16.7. The van der Waals surface area contributed by atoms with E-state index in [2.05, 4.69) is 24.1 Å². The molecule has 1 fully saturated rings. The van der Waals surface area contributed by atoms with E-state index in [4.69, 9.17) is 11.6 Å². The van der Waals surface area contributed by atoms with Gasteiger partial charge in [-0.15, -0.1) is 17.0 Å². The third kappa shape index (κ3) is 2.94. The fourth-order valence-electron chi connectivity index (χ4n) is 4.55. The molecular formula is C20H23BrClNO2. The summed E-state index contributed by atoms with van der Waals surface area (Å²) in [6.07, 6.45) is 4.37. The van der Waals surface area contributed by atoms with E-state index in [1.165, 1.54) is 12.0 Å². The van der Waals surface area contributed by atoms with Gasteiger partial charge in [0.1, 0.15) is 0 Å². The molecule has 2 N–H and O–H groups in total. The fraction of sp³-hybridized carbons (Fsp3) is 0.400. The Kier molecular flexibility index (Phi) is 5.06. The van der Waals surface area contributed by atoms with E-state index in [-0.39, 0.29) is 39.9 Å². The van der Waals surface area contributed by atoms with E-state index in [1.54, 1.807) is 12.1 Å². The standard InChI is InChI=1S/C20H22ClNO2.BrH/c1-22-10-7-13-11-17(23)18(24)12-16(13)19(22)20(8-2-9-20)14-3-5-15(21)6-4-14;/h3-6,11-12,19,23-24H,2,7-10H2,1H3;1H. The van der Waals surface area contributed by atoms with Crippen molar-refractivity contribution in [2.45, 2.75) is 37.1 Å². The van der Waals surface area contributed by atoms with Crippen LogP contribution in [0.2, 0.25) is 5.02 Å². The fourth-order valence-corrected chi connectivity index (χ4v) is 4.68. The second kappa shape index (κ2) is 6.82. The molecule has 3 nitrogen and oxygen atoms in total. The summed E-state index contributed by atoms with van der Waals surface area (Å²) in [6.45, 7) is 0.956. The molecule has 134 valence electrons. The number of aromatic hydroxyl groups is 2. The lowest BCUT2D eigenvalue weighted by atomic mass is 9.57. The maximum absolute atomic E-state index is 10.1. The molecule has 2 aromatic rings.